The highest BCUT2D eigenvalue weighted by molar-refractivity contribution is 5.92. The molecule has 1 aliphatic heterocycles. The minimum Gasteiger partial charge on any atom is -0.469 e. The summed E-state index contributed by atoms with van der Waals surface area (Å²) in [6.07, 6.45) is 3.10. The number of aryl methyl sites for hydroxylation is 1. The molecule has 136 valence electrons. The van der Waals surface area contributed by atoms with Crippen LogP contribution in [0.25, 0.3) is 0 Å². The first-order valence-corrected chi connectivity index (χ1v) is 8.26. The third kappa shape index (κ3) is 5.25. The molecule has 1 aromatic rings. The van der Waals surface area contributed by atoms with Gasteiger partial charge in [-0.15, -0.1) is 0 Å². The zero-order valence-corrected chi connectivity index (χ0v) is 14.5. The molecular formula is C17H23N3O5. The number of carbonyl (C=O) groups excluding carboxylic acids is 2. The molecule has 1 heterocycles. The van der Waals surface area contributed by atoms with Crippen molar-refractivity contribution in [3.63, 3.8) is 0 Å². The molecule has 8 heteroatoms. The molecule has 0 aliphatic carbocycles. The van der Waals surface area contributed by atoms with Gasteiger partial charge in [-0.3, -0.25) is 24.6 Å². The van der Waals surface area contributed by atoms with Gasteiger partial charge < -0.3 is 10.1 Å². The third-order valence-corrected chi connectivity index (χ3v) is 4.42. The van der Waals surface area contributed by atoms with Crippen LogP contribution in [0, 0.1) is 17.0 Å². The molecule has 1 fully saturated rings. The topological polar surface area (TPSA) is 102 Å². The number of rotatable bonds is 6. The quantitative estimate of drug-likeness (QED) is 0.480. The third-order valence-electron chi connectivity index (χ3n) is 4.42. The first kappa shape index (κ1) is 18.9. The van der Waals surface area contributed by atoms with Crippen LogP contribution >= 0.6 is 0 Å². The molecule has 1 aliphatic rings. The zero-order valence-electron chi connectivity index (χ0n) is 14.5. The van der Waals surface area contributed by atoms with Crippen molar-refractivity contribution in [1.82, 2.24) is 4.90 Å². The second kappa shape index (κ2) is 8.57. The highest BCUT2D eigenvalue weighted by Crippen LogP contribution is 2.23. The number of hydrogen-bond acceptors (Lipinski definition) is 6. The van der Waals surface area contributed by atoms with Gasteiger partial charge in [0.25, 0.3) is 5.69 Å². The number of methoxy groups -OCH3 is 1. The van der Waals surface area contributed by atoms with E-state index in [9.17, 15) is 19.7 Å². The van der Waals surface area contributed by atoms with Crippen molar-refractivity contribution in [1.29, 1.82) is 0 Å². The van der Waals surface area contributed by atoms with E-state index in [1.54, 1.807) is 19.1 Å². The minimum atomic E-state index is -0.470. The lowest BCUT2D eigenvalue weighted by Gasteiger charge is -2.34. The predicted octanol–water partition coefficient (Wildman–Crippen LogP) is 2.26. The van der Waals surface area contributed by atoms with Gasteiger partial charge in [-0.05, 0) is 32.4 Å². The Labute approximate surface area is 146 Å². The van der Waals surface area contributed by atoms with Crippen molar-refractivity contribution in [2.75, 3.05) is 25.5 Å². The number of likely N-dealkylation sites (tertiary alicyclic amines) is 1. The fourth-order valence-corrected chi connectivity index (χ4v) is 3.04. The summed E-state index contributed by atoms with van der Waals surface area (Å²) < 4.78 is 4.72. The number of nitro groups is 1. The van der Waals surface area contributed by atoms with E-state index in [0.29, 0.717) is 11.3 Å². The average molecular weight is 349 g/mol. The molecule has 0 spiro atoms. The summed E-state index contributed by atoms with van der Waals surface area (Å²) in [5.74, 6) is -0.540. The van der Waals surface area contributed by atoms with E-state index in [4.69, 9.17) is 4.74 Å². The number of carbonyl (C=O) groups is 2. The summed E-state index contributed by atoms with van der Waals surface area (Å²) in [5, 5.41) is 13.7. The Kier molecular flexibility index (Phi) is 6.46. The van der Waals surface area contributed by atoms with Gasteiger partial charge in [0, 0.05) is 23.4 Å². The second-order valence-corrected chi connectivity index (χ2v) is 6.21. The molecule has 0 aromatic heterocycles. The Morgan fingerprint density at radius 2 is 2.16 bits per heavy atom. The van der Waals surface area contributed by atoms with Crippen molar-refractivity contribution in [3.8, 4) is 0 Å². The molecule has 0 unspecified atom stereocenters. The summed E-state index contributed by atoms with van der Waals surface area (Å²) in [6, 6.07) is 4.59. The standard InChI is InChI=1S/C17H23N3O5/c1-12-6-7-13(9-15(12)20(23)24)18-16(21)11-19-8-4-3-5-14(19)10-17(22)25-2/h6-7,9,14H,3-5,8,10-11H2,1-2H3,(H,18,21)/t14-/m1/s1. The maximum Gasteiger partial charge on any atom is 0.307 e. The Balaban J connectivity index is 1.99. The predicted molar refractivity (Wildman–Crippen MR) is 92.3 cm³/mol. The van der Waals surface area contributed by atoms with Crippen LogP contribution in [0.5, 0.6) is 0 Å². The molecule has 2 rings (SSSR count). The molecule has 1 atom stereocenters. The van der Waals surface area contributed by atoms with Gasteiger partial charge in [0.15, 0.2) is 0 Å². The maximum atomic E-state index is 12.3. The van der Waals surface area contributed by atoms with Crippen LogP contribution in [0.15, 0.2) is 18.2 Å². The van der Waals surface area contributed by atoms with Gasteiger partial charge in [0.1, 0.15) is 0 Å². The van der Waals surface area contributed by atoms with Crippen molar-refractivity contribution in [3.05, 3.63) is 33.9 Å². The number of anilines is 1. The van der Waals surface area contributed by atoms with Crippen LogP contribution in [-0.2, 0) is 14.3 Å². The maximum absolute atomic E-state index is 12.3. The van der Waals surface area contributed by atoms with Gasteiger partial charge in [-0.1, -0.05) is 12.5 Å². The Morgan fingerprint density at radius 3 is 2.84 bits per heavy atom. The molecule has 1 aromatic carbocycles. The van der Waals surface area contributed by atoms with E-state index < -0.39 is 4.92 Å². The summed E-state index contributed by atoms with van der Waals surface area (Å²) in [5.41, 5.74) is 0.903. The number of hydrogen-bond donors (Lipinski definition) is 1. The van der Waals surface area contributed by atoms with Crippen molar-refractivity contribution in [2.45, 2.75) is 38.6 Å². The van der Waals surface area contributed by atoms with Crippen LogP contribution in [-0.4, -0.2) is 47.9 Å². The normalized spacial score (nSPS) is 17.8. The van der Waals surface area contributed by atoms with Gasteiger partial charge in [0.05, 0.1) is 25.0 Å². The fraction of sp³-hybridized carbons (Fsp3) is 0.529. The van der Waals surface area contributed by atoms with Crippen molar-refractivity contribution in [2.24, 2.45) is 0 Å². The van der Waals surface area contributed by atoms with E-state index in [1.807, 2.05) is 4.90 Å². The molecule has 1 saturated heterocycles. The van der Waals surface area contributed by atoms with Crippen LogP contribution in [0.3, 0.4) is 0 Å². The van der Waals surface area contributed by atoms with Crippen LogP contribution < -0.4 is 5.32 Å². The molecule has 1 amide bonds. The summed E-state index contributed by atoms with van der Waals surface area (Å²) in [6.45, 7) is 2.53. The van der Waals surface area contributed by atoms with E-state index >= 15 is 0 Å². The summed E-state index contributed by atoms with van der Waals surface area (Å²) in [7, 11) is 1.35. The average Bonchev–Trinajstić information content (AvgIpc) is 2.58. The highest BCUT2D eigenvalue weighted by atomic mass is 16.6. The molecule has 0 saturated carbocycles. The van der Waals surface area contributed by atoms with Crippen LogP contribution in [0.1, 0.15) is 31.2 Å². The monoisotopic (exact) mass is 349 g/mol. The zero-order chi connectivity index (χ0) is 18.4. The second-order valence-electron chi connectivity index (χ2n) is 6.21. The van der Waals surface area contributed by atoms with Gasteiger partial charge in [-0.2, -0.15) is 0 Å². The van der Waals surface area contributed by atoms with Crippen molar-refractivity contribution < 1.29 is 19.2 Å². The Hall–Kier alpha value is -2.48. The van der Waals surface area contributed by atoms with Crippen LogP contribution in [0.4, 0.5) is 11.4 Å². The number of piperidine rings is 1. The molecular weight excluding hydrogens is 326 g/mol. The van der Waals surface area contributed by atoms with E-state index in [2.05, 4.69) is 5.32 Å². The lowest BCUT2D eigenvalue weighted by atomic mass is 9.99. The van der Waals surface area contributed by atoms with Crippen molar-refractivity contribution >= 4 is 23.3 Å². The lowest BCUT2D eigenvalue weighted by molar-refractivity contribution is -0.385. The van der Waals surface area contributed by atoms with Crippen LogP contribution in [0.2, 0.25) is 0 Å². The van der Waals surface area contributed by atoms with Gasteiger partial charge in [0.2, 0.25) is 5.91 Å². The Morgan fingerprint density at radius 1 is 1.40 bits per heavy atom. The largest absolute Gasteiger partial charge is 0.469 e. The van der Waals surface area contributed by atoms with E-state index in [0.717, 1.165) is 25.8 Å². The van der Waals surface area contributed by atoms with E-state index in [-0.39, 0.29) is 36.6 Å². The number of amides is 1. The van der Waals surface area contributed by atoms with Gasteiger partial charge >= 0.3 is 5.97 Å². The minimum absolute atomic E-state index is 0.0145. The first-order valence-electron chi connectivity index (χ1n) is 8.26. The number of nitrogens with zero attached hydrogens (tertiary/aromatic N) is 2. The SMILES string of the molecule is COC(=O)C[C@H]1CCCCN1CC(=O)Nc1ccc(C)c([N+](=O)[O-])c1. The first-order chi connectivity index (χ1) is 11.9. The molecule has 0 bridgehead atoms. The number of ether oxygens (including phenoxy) is 1. The van der Waals surface area contributed by atoms with E-state index in [1.165, 1.54) is 13.2 Å². The van der Waals surface area contributed by atoms with Gasteiger partial charge in [-0.25, -0.2) is 0 Å². The number of esters is 1. The molecule has 0 radical (unpaired) electrons. The molecule has 1 N–H and O–H groups in total. The number of nitro benzene ring substituents is 1. The fourth-order valence-electron chi connectivity index (χ4n) is 3.04. The smallest absolute Gasteiger partial charge is 0.307 e. The molecule has 8 nitrogen and oxygen atoms in total. The Bertz CT molecular complexity index is 662. The lowest BCUT2D eigenvalue weighted by Crippen LogP contribution is -2.45. The summed E-state index contributed by atoms with van der Waals surface area (Å²) >= 11 is 0. The number of nitrogens with one attached hydrogen (secondary N) is 1. The summed E-state index contributed by atoms with van der Waals surface area (Å²) in [4.78, 5) is 36.3. The highest BCUT2D eigenvalue weighted by Gasteiger charge is 2.26. The molecule has 25 heavy (non-hydrogen) atoms. The number of benzene rings is 1.